The Morgan fingerprint density at radius 2 is 2.08 bits per heavy atom. The molecule has 0 aromatic heterocycles. The smallest absolute Gasteiger partial charge is 0.209 e. The predicted octanol–water partition coefficient (Wildman–Crippen LogP) is 4.97. The van der Waals surface area contributed by atoms with Gasteiger partial charge in [-0.1, -0.05) is 32.4 Å². The molecule has 0 bridgehead atoms. The minimum Gasteiger partial charge on any atom is -0.333 e. The van der Waals surface area contributed by atoms with Crippen LogP contribution in [0.25, 0.3) is 0 Å². The number of thiocarbonyl (C=S) groups is 1. The van der Waals surface area contributed by atoms with Gasteiger partial charge in [-0.15, -0.1) is 0 Å². The number of allylic oxidation sites excluding steroid dienone is 4. The normalized spacial score (nSPS) is 48.2. The average molecular weight is 361 g/mol. The fourth-order valence-corrected chi connectivity index (χ4v) is 7.62. The molecule has 0 aromatic rings. The van der Waals surface area contributed by atoms with Crippen molar-refractivity contribution in [3.05, 3.63) is 23.8 Å². The predicted molar refractivity (Wildman–Crippen MR) is 101 cm³/mol. The highest BCUT2D eigenvalue weighted by atomic mass is 32.1. The zero-order valence-electron chi connectivity index (χ0n) is 15.3. The topological polar surface area (TPSA) is 46.5 Å². The quantitative estimate of drug-likeness (QED) is 0.407. The molecule has 4 rings (SSSR count). The Hall–Kier alpha value is -1.00. The van der Waals surface area contributed by atoms with E-state index in [0.29, 0.717) is 28.7 Å². The lowest BCUT2D eigenvalue weighted by atomic mass is 9.48. The molecule has 2 unspecified atom stereocenters. The molecule has 0 radical (unpaired) electrons. The number of ketones is 1. The first-order chi connectivity index (χ1) is 11.8. The fraction of sp³-hybridized carbons (Fsp3) is 0.714. The van der Waals surface area contributed by atoms with E-state index in [-0.39, 0.29) is 22.5 Å². The summed E-state index contributed by atoms with van der Waals surface area (Å²) in [7, 11) is 0. The molecular formula is C21H28O3S. The van der Waals surface area contributed by atoms with E-state index in [2.05, 4.69) is 31.7 Å². The molecule has 4 heteroatoms. The minimum atomic E-state index is 0.0352. The third-order valence-corrected chi connectivity index (χ3v) is 8.57. The summed E-state index contributed by atoms with van der Waals surface area (Å²) in [5, 5.41) is 9.56. The molecule has 4 aliphatic carbocycles. The second-order valence-electron chi connectivity index (χ2n) is 9.25. The lowest BCUT2D eigenvalue weighted by Gasteiger charge is -2.56. The minimum absolute atomic E-state index is 0.0352. The van der Waals surface area contributed by atoms with Crippen molar-refractivity contribution in [1.29, 1.82) is 0 Å². The Morgan fingerprint density at radius 3 is 2.80 bits per heavy atom. The van der Waals surface area contributed by atoms with E-state index in [1.165, 1.54) is 12.0 Å². The van der Waals surface area contributed by atoms with Crippen molar-refractivity contribution < 1.29 is 14.9 Å². The van der Waals surface area contributed by atoms with Crippen LogP contribution in [0, 0.1) is 40.4 Å². The van der Waals surface area contributed by atoms with E-state index in [1.54, 1.807) is 6.08 Å². The molecule has 0 aromatic carbocycles. The van der Waals surface area contributed by atoms with Crippen molar-refractivity contribution in [1.82, 2.24) is 0 Å². The number of rotatable bonds is 1. The zero-order valence-corrected chi connectivity index (χ0v) is 16.1. The van der Waals surface area contributed by atoms with Crippen LogP contribution in [0.2, 0.25) is 0 Å². The number of fused-ring (bicyclic) bond motifs is 5. The molecule has 0 spiro atoms. The van der Waals surface area contributed by atoms with Crippen LogP contribution >= 0.6 is 12.2 Å². The molecule has 1 N–H and O–H groups in total. The van der Waals surface area contributed by atoms with Crippen LogP contribution < -0.4 is 0 Å². The van der Waals surface area contributed by atoms with Crippen LogP contribution in [0.4, 0.5) is 0 Å². The first-order valence-corrected chi connectivity index (χ1v) is 10.0. The highest BCUT2D eigenvalue weighted by molar-refractivity contribution is 7.80. The van der Waals surface area contributed by atoms with Gasteiger partial charge < -0.3 is 4.89 Å². The summed E-state index contributed by atoms with van der Waals surface area (Å²) in [5.74, 6) is 2.63. The van der Waals surface area contributed by atoms with E-state index in [9.17, 15) is 10.1 Å². The largest absolute Gasteiger partial charge is 0.333 e. The summed E-state index contributed by atoms with van der Waals surface area (Å²) in [6.07, 6.45) is 11.5. The summed E-state index contributed by atoms with van der Waals surface area (Å²) >= 11 is 5.38. The monoisotopic (exact) mass is 360 g/mol. The highest BCUT2D eigenvalue weighted by Gasteiger charge is 2.61. The van der Waals surface area contributed by atoms with Gasteiger partial charge >= 0.3 is 0 Å². The van der Waals surface area contributed by atoms with Crippen molar-refractivity contribution in [3.63, 3.8) is 0 Å². The Kier molecular flexibility index (Phi) is 4.01. The molecule has 136 valence electrons. The van der Waals surface area contributed by atoms with Gasteiger partial charge in [-0.05, 0) is 85.6 Å². The Balaban J connectivity index is 1.68. The molecular weight excluding hydrogens is 332 g/mol. The van der Waals surface area contributed by atoms with Crippen LogP contribution in [0.3, 0.4) is 0 Å². The Bertz CT molecular complexity index is 681. The van der Waals surface area contributed by atoms with E-state index in [0.717, 1.165) is 25.7 Å². The third kappa shape index (κ3) is 2.33. The summed E-state index contributed by atoms with van der Waals surface area (Å²) in [6, 6.07) is 0. The lowest BCUT2D eigenvalue weighted by Crippen LogP contribution is -2.50. The van der Waals surface area contributed by atoms with Crippen LogP contribution in [0.5, 0.6) is 0 Å². The fourth-order valence-electron chi connectivity index (χ4n) is 7.12. The molecule has 0 amide bonds. The van der Waals surface area contributed by atoms with Gasteiger partial charge in [-0.25, -0.2) is 5.26 Å². The van der Waals surface area contributed by atoms with Gasteiger partial charge in [0.25, 0.3) is 0 Å². The zero-order chi connectivity index (χ0) is 18.0. The van der Waals surface area contributed by atoms with Gasteiger partial charge in [0, 0.05) is 11.3 Å². The van der Waals surface area contributed by atoms with Crippen molar-refractivity contribution in [2.24, 2.45) is 40.4 Å². The molecule has 25 heavy (non-hydrogen) atoms. The Labute approximate surface area is 155 Å². The SMILES string of the molecule is CC1C[C@H]2[C@@H]3CCC4=CC(=O)C=C[C@]4(C)[C@H]3CC[C@]2(C)C1C(=S)OO. The third-order valence-electron chi connectivity index (χ3n) is 8.24. The molecule has 3 nitrogen and oxygen atoms in total. The molecule has 7 atom stereocenters. The number of hydrogen-bond donors (Lipinski definition) is 1. The number of hydrogen-bond acceptors (Lipinski definition) is 4. The van der Waals surface area contributed by atoms with E-state index in [1.807, 2.05) is 6.08 Å². The van der Waals surface area contributed by atoms with Crippen LogP contribution in [-0.4, -0.2) is 16.1 Å². The molecule has 3 saturated carbocycles. The molecule has 0 aliphatic heterocycles. The maximum absolute atomic E-state index is 11.8. The Morgan fingerprint density at radius 1 is 1.32 bits per heavy atom. The first-order valence-electron chi connectivity index (χ1n) is 9.61. The molecule has 4 aliphatic rings. The van der Waals surface area contributed by atoms with Crippen molar-refractivity contribution >= 4 is 23.1 Å². The summed E-state index contributed by atoms with van der Waals surface area (Å²) in [5.41, 5.74) is 1.49. The van der Waals surface area contributed by atoms with E-state index in [4.69, 9.17) is 12.2 Å². The standard InChI is InChI=1S/C21H28O3S/c1-12-10-17-15-5-4-13-11-14(22)6-8-20(13,2)16(15)7-9-21(17,3)18(12)19(25)24-23/h6,8,11-12,15-18,23H,4-5,7,9-10H2,1-3H3/t12?,15-,16+,17+,18?,20+,21+/m1/s1. The van der Waals surface area contributed by atoms with Crippen molar-refractivity contribution in [2.75, 3.05) is 0 Å². The molecule has 0 saturated heterocycles. The van der Waals surface area contributed by atoms with E-state index >= 15 is 0 Å². The molecule has 0 heterocycles. The second-order valence-corrected chi connectivity index (χ2v) is 9.65. The first kappa shape index (κ1) is 17.4. The van der Waals surface area contributed by atoms with Gasteiger partial charge in [-0.2, -0.15) is 0 Å². The van der Waals surface area contributed by atoms with Gasteiger partial charge in [0.2, 0.25) is 5.05 Å². The highest BCUT2D eigenvalue weighted by Crippen LogP contribution is 2.67. The maximum atomic E-state index is 11.8. The lowest BCUT2D eigenvalue weighted by molar-refractivity contribution is -0.161. The summed E-state index contributed by atoms with van der Waals surface area (Å²) in [6.45, 7) is 6.95. The van der Waals surface area contributed by atoms with Gasteiger partial charge in [0.15, 0.2) is 5.78 Å². The summed E-state index contributed by atoms with van der Waals surface area (Å²) in [4.78, 5) is 16.4. The second kappa shape index (κ2) is 5.75. The summed E-state index contributed by atoms with van der Waals surface area (Å²) < 4.78 is 0. The van der Waals surface area contributed by atoms with Crippen LogP contribution in [0.15, 0.2) is 23.8 Å². The van der Waals surface area contributed by atoms with Crippen molar-refractivity contribution in [3.8, 4) is 0 Å². The van der Waals surface area contributed by atoms with Crippen LogP contribution in [-0.2, 0) is 9.68 Å². The molecule has 3 fully saturated rings. The average Bonchev–Trinajstić information content (AvgIpc) is 2.85. The van der Waals surface area contributed by atoms with Gasteiger partial charge in [0.1, 0.15) is 0 Å². The van der Waals surface area contributed by atoms with Crippen LogP contribution in [0.1, 0.15) is 52.9 Å². The number of carbonyl (C=O) groups excluding carboxylic acids is 1. The van der Waals surface area contributed by atoms with Crippen molar-refractivity contribution in [2.45, 2.75) is 52.9 Å². The van der Waals surface area contributed by atoms with E-state index < -0.39 is 0 Å². The maximum Gasteiger partial charge on any atom is 0.209 e. The van der Waals surface area contributed by atoms with Gasteiger partial charge in [-0.3, -0.25) is 4.79 Å². The van der Waals surface area contributed by atoms with Gasteiger partial charge in [0.05, 0.1) is 0 Å². The number of carbonyl (C=O) groups is 1.